The molecular weight excluding hydrogens is 170 g/mol. The first-order chi connectivity index (χ1) is 6.33. The van der Waals surface area contributed by atoms with Gasteiger partial charge in [-0.15, -0.1) is 11.7 Å². The van der Waals surface area contributed by atoms with E-state index in [2.05, 4.69) is 16.9 Å². The molecule has 0 N–H and O–H groups in total. The Hall–Kier alpha value is -1.49. The van der Waals surface area contributed by atoms with Gasteiger partial charge in [-0.05, 0) is 0 Å². The molecule has 0 atom stereocenters. The van der Waals surface area contributed by atoms with E-state index in [9.17, 15) is 4.79 Å². The molecular formula is C8H11N3O2. The van der Waals surface area contributed by atoms with Gasteiger partial charge >= 0.3 is 0 Å². The number of hydrogen-bond acceptors (Lipinski definition) is 4. The van der Waals surface area contributed by atoms with E-state index in [4.69, 9.17) is 4.74 Å². The molecule has 0 aromatic carbocycles. The van der Waals surface area contributed by atoms with Crippen molar-refractivity contribution >= 4 is 6.29 Å². The van der Waals surface area contributed by atoms with Crippen molar-refractivity contribution in [3.8, 4) is 0 Å². The Labute approximate surface area is 76.0 Å². The minimum Gasteiger partial charge on any atom is -0.378 e. The third-order valence-electron chi connectivity index (χ3n) is 1.56. The second-order valence-electron chi connectivity index (χ2n) is 2.44. The maximum atomic E-state index is 10.5. The van der Waals surface area contributed by atoms with Crippen LogP contribution in [0, 0.1) is 0 Å². The van der Waals surface area contributed by atoms with Crippen molar-refractivity contribution in [3.05, 3.63) is 24.0 Å². The van der Waals surface area contributed by atoms with E-state index in [1.807, 2.05) is 0 Å². The maximum absolute atomic E-state index is 10.5. The second-order valence-corrected chi connectivity index (χ2v) is 2.44. The summed E-state index contributed by atoms with van der Waals surface area (Å²) >= 11 is 0. The number of ether oxygens (including phenoxy) is 1. The number of carbonyl (C=O) groups excluding carboxylic acids is 1. The molecule has 5 nitrogen and oxygen atoms in total. The standard InChI is InChI=1S/C8H11N3O2/c1-3-4-11-8(6-13-2)7(5-12)9-10-11/h3,5H,1,4,6H2,2H3. The van der Waals surface area contributed by atoms with E-state index in [1.165, 1.54) is 0 Å². The number of carbonyl (C=O) groups is 1. The molecule has 0 aliphatic carbocycles. The summed E-state index contributed by atoms with van der Waals surface area (Å²) in [4.78, 5) is 10.5. The number of nitrogens with zero attached hydrogens (tertiary/aromatic N) is 3. The van der Waals surface area contributed by atoms with Crippen molar-refractivity contribution < 1.29 is 9.53 Å². The van der Waals surface area contributed by atoms with Crippen molar-refractivity contribution in [2.45, 2.75) is 13.2 Å². The van der Waals surface area contributed by atoms with Gasteiger partial charge in [0, 0.05) is 7.11 Å². The molecule has 0 bridgehead atoms. The summed E-state index contributed by atoms with van der Waals surface area (Å²) in [5, 5.41) is 7.47. The lowest BCUT2D eigenvalue weighted by molar-refractivity contribution is 0.111. The quantitative estimate of drug-likeness (QED) is 0.488. The van der Waals surface area contributed by atoms with Gasteiger partial charge in [0.2, 0.25) is 0 Å². The zero-order chi connectivity index (χ0) is 9.68. The van der Waals surface area contributed by atoms with E-state index < -0.39 is 0 Å². The monoisotopic (exact) mass is 181 g/mol. The van der Waals surface area contributed by atoms with E-state index in [1.54, 1.807) is 17.9 Å². The molecule has 0 amide bonds. The van der Waals surface area contributed by atoms with Crippen molar-refractivity contribution in [1.82, 2.24) is 15.0 Å². The Kier molecular flexibility index (Phi) is 3.33. The molecule has 0 aliphatic rings. The minimum absolute atomic E-state index is 0.323. The molecule has 0 saturated carbocycles. The van der Waals surface area contributed by atoms with Gasteiger partial charge in [0.25, 0.3) is 0 Å². The summed E-state index contributed by atoms with van der Waals surface area (Å²) in [5.74, 6) is 0. The SMILES string of the molecule is C=CCn1nnc(C=O)c1COC. The van der Waals surface area contributed by atoms with Crippen LogP contribution in [-0.2, 0) is 17.9 Å². The predicted octanol–water partition coefficient (Wildman–Crippen LogP) is 0.423. The third kappa shape index (κ3) is 2.00. The molecule has 13 heavy (non-hydrogen) atoms. The van der Waals surface area contributed by atoms with Crippen LogP contribution in [-0.4, -0.2) is 28.4 Å². The van der Waals surface area contributed by atoms with E-state index in [-0.39, 0.29) is 0 Å². The maximum Gasteiger partial charge on any atom is 0.172 e. The topological polar surface area (TPSA) is 57.0 Å². The van der Waals surface area contributed by atoms with Crippen LogP contribution in [0.25, 0.3) is 0 Å². The third-order valence-corrected chi connectivity index (χ3v) is 1.56. The summed E-state index contributed by atoms with van der Waals surface area (Å²) in [6, 6.07) is 0. The van der Waals surface area contributed by atoms with Crippen LogP contribution in [0.4, 0.5) is 0 Å². The molecule has 0 saturated heterocycles. The lowest BCUT2D eigenvalue weighted by Crippen LogP contribution is -2.05. The Morgan fingerprint density at radius 3 is 3.00 bits per heavy atom. The molecule has 0 unspecified atom stereocenters. The smallest absolute Gasteiger partial charge is 0.172 e. The van der Waals surface area contributed by atoms with Gasteiger partial charge in [0.1, 0.15) is 0 Å². The molecule has 1 aromatic heterocycles. The highest BCUT2D eigenvalue weighted by atomic mass is 16.5. The van der Waals surface area contributed by atoms with E-state index >= 15 is 0 Å². The molecule has 0 aliphatic heterocycles. The zero-order valence-electron chi connectivity index (χ0n) is 7.43. The average Bonchev–Trinajstić information content (AvgIpc) is 2.50. The van der Waals surface area contributed by atoms with Crippen LogP contribution in [0.1, 0.15) is 16.2 Å². The van der Waals surface area contributed by atoms with Crippen molar-refractivity contribution in [3.63, 3.8) is 0 Å². The normalized spacial score (nSPS) is 9.92. The molecule has 5 heteroatoms. The highest BCUT2D eigenvalue weighted by molar-refractivity contribution is 5.73. The Balaban J connectivity index is 2.97. The minimum atomic E-state index is 0.323. The molecule has 0 spiro atoms. The average molecular weight is 181 g/mol. The second kappa shape index (κ2) is 4.51. The first-order valence-corrected chi connectivity index (χ1v) is 3.80. The fraction of sp³-hybridized carbons (Fsp3) is 0.375. The molecule has 1 rings (SSSR count). The van der Waals surface area contributed by atoms with Crippen LogP contribution in [0.15, 0.2) is 12.7 Å². The molecule has 0 radical (unpaired) electrons. The van der Waals surface area contributed by atoms with Crippen LogP contribution in [0.2, 0.25) is 0 Å². The fourth-order valence-corrected chi connectivity index (χ4v) is 0.992. The van der Waals surface area contributed by atoms with Gasteiger partial charge in [-0.1, -0.05) is 11.3 Å². The van der Waals surface area contributed by atoms with E-state index in [0.717, 1.165) is 0 Å². The summed E-state index contributed by atoms with van der Waals surface area (Å²) in [7, 11) is 1.56. The molecule has 1 heterocycles. The summed E-state index contributed by atoms with van der Waals surface area (Å²) < 4.78 is 6.51. The lowest BCUT2D eigenvalue weighted by Gasteiger charge is -2.01. The molecule has 70 valence electrons. The number of allylic oxidation sites excluding steroid dienone is 1. The summed E-state index contributed by atoms with van der Waals surface area (Å²) in [6.45, 7) is 4.43. The fourth-order valence-electron chi connectivity index (χ4n) is 0.992. The largest absolute Gasteiger partial charge is 0.378 e. The van der Waals surface area contributed by atoms with E-state index in [0.29, 0.717) is 30.8 Å². The predicted molar refractivity (Wildman–Crippen MR) is 46.3 cm³/mol. The van der Waals surface area contributed by atoms with Gasteiger partial charge in [0.05, 0.1) is 18.8 Å². The number of methoxy groups -OCH3 is 1. The van der Waals surface area contributed by atoms with Gasteiger partial charge in [-0.25, -0.2) is 4.68 Å². The Morgan fingerprint density at radius 1 is 1.69 bits per heavy atom. The van der Waals surface area contributed by atoms with Crippen LogP contribution < -0.4 is 0 Å². The van der Waals surface area contributed by atoms with Gasteiger partial charge in [0.15, 0.2) is 12.0 Å². The van der Waals surface area contributed by atoms with Gasteiger partial charge < -0.3 is 4.74 Å². The van der Waals surface area contributed by atoms with Crippen LogP contribution >= 0.6 is 0 Å². The van der Waals surface area contributed by atoms with Crippen molar-refractivity contribution in [2.24, 2.45) is 0 Å². The van der Waals surface area contributed by atoms with Gasteiger partial charge in [-0.2, -0.15) is 0 Å². The number of aromatic nitrogens is 3. The Morgan fingerprint density at radius 2 is 2.46 bits per heavy atom. The Bertz CT molecular complexity index is 306. The zero-order valence-corrected chi connectivity index (χ0v) is 7.43. The summed E-state index contributed by atoms with van der Waals surface area (Å²) in [6.07, 6.45) is 2.35. The summed E-state index contributed by atoms with van der Waals surface area (Å²) in [5.41, 5.74) is 1.00. The van der Waals surface area contributed by atoms with Crippen LogP contribution in [0.3, 0.4) is 0 Å². The highest BCUT2D eigenvalue weighted by Gasteiger charge is 2.10. The van der Waals surface area contributed by atoms with Gasteiger partial charge in [-0.3, -0.25) is 4.79 Å². The molecule has 1 aromatic rings. The number of rotatable bonds is 5. The van der Waals surface area contributed by atoms with Crippen molar-refractivity contribution in [2.75, 3.05) is 7.11 Å². The lowest BCUT2D eigenvalue weighted by atomic mass is 10.3. The first-order valence-electron chi connectivity index (χ1n) is 3.80. The number of hydrogen-bond donors (Lipinski definition) is 0. The van der Waals surface area contributed by atoms with Crippen molar-refractivity contribution in [1.29, 1.82) is 0 Å². The number of aldehydes is 1. The van der Waals surface area contributed by atoms with Crippen LogP contribution in [0.5, 0.6) is 0 Å². The first kappa shape index (κ1) is 9.60. The molecule has 0 fully saturated rings. The highest BCUT2D eigenvalue weighted by Crippen LogP contribution is 2.04.